The third-order valence-electron chi connectivity index (χ3n) is 4.35. The summed E-state index contributed by atoms with van der Waals surface area (Å²) in [5.41, 5.74) is 2.82. The molecule has 0 bridgehead atoms. The van der Waals surface area contributed by atoms with E-state index in [2.05, 4.69) is 16.7 Å². The SMILES string of the molecule is Cc1cccc(NC(=O)c2ccccc2NC(=O)[C@@H]2CC=CCC2)c1. The lowest BCUT2D eigenvalue weighted by Gasteiger charge is -2.18. The van der Waals surface area contributed by atoms with E-state index in [4.69, 9.17) is 0 Å². The number of hydrogen-bond acceptors (Lipinski definition) is 2. The molecule has 2 aromatic rings. The molecule has 0 fully saturated rings. The zero-order valence-electron chi connectivity index (χ0n) is 14.3. The maximum absolute atomic E-state index is 12.6. The molecule has 25 heavy (non-hydrogen) atoms. The van der Waals surface area contributed by atoms with Gasteiger partial charge in [-0.3, -0.25) is 9.59 Å². The van der Waals surface area contributed by atoms with Crippen molar-refractivity contribution in [3.8, 4) is 0 Å². The van der Waals surface area contributed by atoms with E-state index in [1.54, 1.807) is 18.2 Å². The molecule has 0 saturated carbocycles. The fourth-order valence-corrected chi connectivity index (χ4v) is 2.98. The molecule has 4 heteroatoms. The van der Waals surface area contributed by atoms with E-state index in [9.17, 15) is 9.59 Å². The van der Waals surface area contributed by atoms with Crippen LogP contribution in [-0.4, -0.2) is 11.8 Å². The molecule has 1 aliphatic rings. The number of aryl methyl sites for hydroxylation is 1. The van der Waals surface area contributed by atoms with Gasteiger partial charge in [-0.2, -0.15) is 0 Å². The van der Waals surface area contributed by atoms with Crippen LogP contribution >= 0.6 is 0 Å². The number of carbonyl (C=O) groups is 2. The third kappa shape index (κ3) is 4.35. The van der Waals surface area contributed by atoms with Crippen molar-refractivity contribution < 1.29 is 9.59 Å². The van der Waals surface area contributed by atoms with E-state index < -0.39 is 0 Å². The molecule has 0 unspecified atom stereocenters. The number of hydrogen-bond donors (Lipinski definition) is 2. The number of carbonyl (C=O) groups excluding carboxylic acids is 2. The first-order valence-electron chi connectivity index (χ1n) is 8.56. The summed E-state index contributed by atoms with van der Waals surface area (Å²) in [4.78, 5) is 25.1. The Morgan fingerprint density at radius 3 is 2.60 bits per heavy atom. The van der Waals surface area contributed by atoms with Gasteiger partial charge in [0.25, 0.3) is 5.91 Å². The van der Waals surface area contributed by atoms with Gasteiger partial charge in [0.2, 0.25) is 5.91 Å². The van der Waals surface area contributed by atoms with Crippen molar-refractivity contribution in [3.05, 3.63) is 71.8 Å². The lowest BCUT2D eigenvalue weighted by Crippen LogP contribution is -2.25. The Hall–Kier alpha value is -2.88. The second-order valence-electron chi connectivity index (χ2n) is 6.34. The zero-order chi connectivity index (χ0) is 17.6. The van der Waals surface area contributed by atoms with Gasteiger partial charge in [-0.05, 0) is 56.0 Å². The number of benzene rings is 2. The van der Waals surface area contributed by atoms with Crippen molar-refractivity contribution in [1.82, 2.24) is 0 Å². The number of amides is 2. The zero-order valence-corrected chi connectivity index (χ0v) is 14.3. The Bertz CT molecular complexity index is 811. The lowest BCUT2D eigenvalue weighted by atomic mass is 9.93. The molecule has 2 amide bonds. The summed E-state index contributed by atoms with van der Waals surface area (Å²) in [5.74, 6) is -0.289. The fourth-order valence-electron chi connectivity index (χ4n) is 2.98. The highest BCUT2D eigenvalue weighted by molar-refractivity contribution is 6.10. The molecule has 0 saturated heterocycles. The van der Waals surface area contributed by atoms with E-state index >= 15 is 0 Å². The standard InChI is InChI=1S/C21H22N2O2/c1-15-8-7-11-17(14-15)22-21(25)18-12-5-6-13-19(18)23-20(24)16-9-3-2-4-10-16/h2-3,5-8,11-14,16H,4,9-10H2,1H3,(H,22,25)(H,23,24)/t16-/m1/s1. The van der Waals surface area contributed by atoms with Crippen LogP contribution in [0.5, 0.6) is 0 Å². The number of allylic oxidation sites excluding steroid dienone is 2. The van der Waals surface area contributed by atoms with E-state index in [-0.39, 0.29) is 17.7 Å². The van der Waals surface area contributed by atoms with Gasteiger partial charge < -0.3 is 10.6 Å². The summed E-state index contributed by atoms with van der Waals surface area (Å²) in [7, 11) is 0. The lowest BCUT2D eigenvalue weighted by molar-refractivity contribution is -0.120. The molecule has 2 N–H and O–H groups in total. The first-order valence-corrected chi connectivity index (χ1v) is 8.56. The van der Waals surface area contributed by atoms with Gasteiger partial charge in [0.15, 0.2) is 0 Å². The van der Waals surface area contributed by atoms with Gasteiger partial charge in [0.1, 0.15) is 0 Å². The Morgan fingerprint density at radius 1 is 1.00 bits per heavy atom. The summed E-state index contributed by atoms with van der Waals surface area (Å²) in [6.45, 7) is 1.97. The molecular formula is C21H22N2O2. The molecule has 1 aliphatic carbocycles. The second-order valence-corrected chi connectivity index (χ2v) is 6.34. The minimum Gasteiger partial charge on any atom is -0.325 e. The second kappa shape index (κ2) is 7.79. The molecule has 0 aliphatic heterocycles. The van der Waals surface area contributed by atoms with Crippen LogP contribution in [0.15, 0.2) is 60.7 Å². The molecule has 0 radical (unpaired) electrons. The highest BCUT2D eigenvalue weighted by atomic mass is 16.2. The monoisotopic (exact) mass is 334 g/mol. The Labute approximate surface area is 148 Å². The van der Waals surface area contributed by atoms with Crippen LogP contribution in [0.1, 0.15) is 35.2 Å². The minimum absolute atomic E-state index is 0.0276. The van der Waals surface area contributed by atoms with E-state index in [1.165, 1.54) is 0 Å². The Kier molecular flexibility index (Phi) is 5.29. The largest absolute Gasteiger partial charge is 0.325 e. The maximum Gasteiger partial charge on any atom is 0.257 e. The van der Waals surface area contributed by atoms with Crippen molar-refractivity contribution in [2.24, 2.45) is 5.92 Å². The fraction of sp³-hybridized carbons (Fsp3) is 0.238. The normalized spacial score (nSPS) is 16.3. The van der Waals surface area contributed by atoms with Gasteiger partial charge in [0, 0.05) is 11.6 Å². The molecular weight excluding hydrogens is 312 g/mol. The van der Waals surface area contributed by atoms with Gasteiger partial charge in [-0.25, -0.2) is 0 Å². The maximum atomic E-state index is 12.6. The first-order chi connectivity index (χ1) is 12.1. The van der Waals surface area contributed by atoms with Crippen molar-refractivity contribution >= 4 is 23.2 Å². The predicted molar refractivity (Wildman–Crippen MR) is 101 cm³/mol. The van der Waals surface area contributed by atoms with Crippen LogP contribution in [0.2, 0.25) is 0 Å². The van der Waals surface area contributed by atoms with Crippen molar-refractivity contribution in [3.63, 3.8) is 0 Å². The van der Waals surface area contributed by atoms with Gasteiger partial charge in [-0.1, -0.05) is 36.4 Å². The number of para-hydroxylation sites is 1. The van der Waals surface area contributed by atoms with Gasteiger partial charge in [0.05, 0.1) is 11.3 Å². The summed E-state index contributed by atoms with van der Waals surface area (Å²) < 4.78 is 0. The molecule has 0 spiro atoms. The molecule has 1 atom stereocenters. The third-order valence-corrected chi connectivity index (χ3v) is 4.35. The molecule has 2 aromatic carbocycles. The van der Waals surface area contributed by atoms with Gasteiger partial charge in [-0.15, -0.1) is 0 Å². The number of rotatable bonds is 4. The Balaban J connectivity index is 1.74. The van der Waals surface area contributed by atoms with Crippen LogP contribution in [0.25, 0.3) is 0 Å². The van der Waals surface area contributed by atoms with Crippen LogP contribution in [0.4, 0.5) is 11.4 Å². The van der Waals surface area contributed by atoms with Gasteiger partial charge >= 0.3 is 0 Å². The van der Waals surface area contributed by atoms with Crippen LogP contribution in [-0.2, 0) is 4.79 Å². The highest BCUT2D eigenvalue weighted by Crippen LogP contribution is 2.23. The summed E-state index contributed by atoms with van der Waals surface area (Å²) in [6.07, 6.45) is 6.67. The Morgan fingerprint density at radius 2 is 1.84 bits per heavy atom. The van der Waals surface area contributed by atoms with Crippen LogP contribution < -0.4 is 10.6 Å². The predicted octanol–water partition coefficient (Wildman–Crippen LogP) is 4.54. The summed E-state index contributed by atoms with van der Waals surface area (Å²) in [6, 6.07) is 14.7. The molecule has 3 rings (SSSR count). The smallest absolute Gasteiger partial charge is 0.257 e. The van der Waals surface area contributed by atoms with E-state index in [1.807, 2.05) is 43.3 Å². The van der Waals surface area contributed by atoms with E-state index in [0.717, 1.165) is 30.5 Å². The molecule has 0 heterocycles. The quantitative estimate of drug-likeness (QED) is 0.806. The highest BCUT2D eigenvalue weighted by Gasteiger charge is 2.20. The summed E-state index contributed by atoms with van der Waals surface area (Å²) >= 11 is 0. The van der Waals surface area contributed by atoms with Crippen LogP contribution in [0, 0.1) is 12.8 Å². The number of anilines is 2. The molecule has 0 aromatic heterocycles. The van der Waals surface area contributed by atoms with Crippen molar-refractivity contribution in [2.45, 2.75) is 26.2 Å². The minimum atomic E-state index is -0.231. The average Bonchev–Trinajstić information content (AvgIpc) is 2.63. The van der Waals surface area contributed by atoms with E-state index in [0.29, 0.717) is 11.3 Å². The first kappa shape index (κ1) is 17.0. The van der Waals surface area contributed by atoms with Crippen molar-refractivity contribution in [2.75, 3.05) is 10.6 Å². The summed E-state index contributed by atoms with van der Waals surface area (Å²) in [5, 5.41) is 5.82. The molecule has 4 nitrogen and oxygen atoms in total. The van der Waals surface area contributed by atoms with Crippen LogP contribution in [0.3, 0.4) is 0 Å². The topological polar surface area (TPSA) is 58.2 Å². The average molecular weight is 334 g/mol. The number of nitrogens with one attached hydrogen (secondary N) is 2. The molecule has 128 valence electrons. The van der Waals surface area contributed by atoms with Crippen molar-refractivity contribution in [1.29, 1.82) is 0 Å².